The summed E-state index contributed by atoms with van der Waals surface area (Å²) in [6.07, 6.45) is 4.44. The first kappa shape index (κ1) is 14.5. The highest BCUT2D eigenvalue weighted by Gasteiger charge is 2.22. The van der Waals surface area contributed by atoms with Crippen LogP contribution in [0, 0.1) is 5.92 Å². The highest BCUT2D eigenvalue weighted by Crippen LogP contribution is 2.29. The van der Waals surface area contributed by atoms with Gasteiger partial charge in [-0.2, -0.15) is 0 Å². The molecule has 1 aromatic carbocycles. The molecule has 0 aliphatic carbocycles. The zero-order chi connectivity index (χ0) is 13.4. The quantitative estimate of drug-likeness (QED) is 0.538. The molecule has 2 unspecified atom stereocenters. The Morgan fingerprint density at radius 3 is 2.56 bits per heavy atom. The average Bonchev–Trinajstić information content (AvgIpc) is 2.43. The molecule has 0 N–H and O–H groups in total. The van der Waals surface area contributed by atoms with E-state index in [0.29, 0.717) is 5.92 Å². The van der Waals surface area contributed by atoms with E-state index >= 15 is 0 Å². The molecule has 2 heteroatoms. The zero-order valence-corrected chi connectivity index (χ0v) is 11.3. The Balaban J connectivity index is 2.79. The third-order valence-corrected chi connectivity index (χ3v) is 3.32. The molecular weight excluding hydrogens is 224 g/mol. The smallest absolute Gasteiger partial charge is 0.308 e. The zero-order valence-electron chi connectivity index (χ0n) is 11.3. The van der Waals surface area contributed by atoms with Gasteiger partial charge in [-0.3, -0.25) is 4.79 Å². The summed E-state index contributed by atoms with van der Waals surface area (Å²) in [7, 11) is 1.45. The largest absolute Gasteiger partial charge is 0.469 e. The van der Waals surface area contributed by atoms with Gasteiger partial charge in [-0.1, -0.05) is 43.3 Å². The van der Waals surface area contributed by atoms with Gasteiger partial charge in [-0.25, -0.2) is 0 Å². The van der Waals surface area contributed by atoms with Crippen LogP contribution in [0.25, 0.3) is 0 Å². The van der Waals surface area contributed by atoms with Gasteiger partial charge in [-0.05, 0) is 30.7 Å². The first-order valence-electron chi connectivity index (χ1n) is 6.46. The van der Waals surface area contributed by atoms with E-state index in [0.717, 1.165) is 19.3 Å². The summed E-state index contributed by atoms with van der Waals surface area (Å²) < 4.78 is 4.85. The van der Waals surface area contributed by atoms with Crippen molar-refractivity contribution in [3.63, 3.8) is 0 Å². The number of hydrogen-bond acceptors (Lipinski definition) is 2. The molecule has 0 aliphatic heterocycles. The number of carbonyl (C=O) groups excluding carboxylic acids is 1. The second kappa shape index (κ2) is 7.70. The summed E-state index contributed by atoms with van der Waals surface area (Å²) >= 11 is 0. The molecule has 0 fully saturated rings. The van der Waals surface area contributed by atoms with Crippen LogP contribution in [-0.2, 0) is 9.53 Å². The monoisotopic (exact) mass is 246 g/mol. The van der Waals surface area contributed by atoms with Gasteiger partial charge in [0.15, 0.2) is 0 Å². The molecule has 0 saturated heterocycles. The van der Waals surface area contributed by atoms with Crippen molar-refractivity contribution in [2.24, 2.45) is 5.92 Å². The fraction of sp³-hybridized carbons (Fsp3) is 0.438. The molecule has 2 nitrogen and oxygen atoms in total. The van der Waals surface area contributed by atoms with Gasteiger partial charge >= 0.3 is 5.97 Å². The van der Waals surface area contributed by atoms with Crippen LogP contribution in [0.15, 0.2) is 43.0 Å². The number of allylic oxidation sites excluding steroid dienone is 1. The number of ether oxygens (including phenoxy) is 1. The minimum Gasteiger partial charge on any atom is -0.469 e. The number of benzene rings is 1. The van der Waals surface area contributed by atoms with Crippen LogP contribution in [0.3, 0.4) is 0 Å². The summed E-state index contributed by atoms with van der Waals surface area (Å²) in [6.45, 7) is 5.83. The van der Waals surface area contributed by atoms with Gasteiger partial charge in [0, 0.05) is 0 Å². The highest BCUT2D eigenvalue weighted by atomic mass is 16.5. The second-order valence-electron chi connectivity index (χ2n) is 4.50. The van der Waals surface area contributed by atoms with Crippen LogP contribution < -0.4 is 0 Å². The predicted octanol–water partition coefficient (Wildman–Crippen LogP) is 3.94. The van der Waals surface area contributed by atoms with Crippen molar-refractivity contribution in [2.75, 3.05) is 7.11 Å². The molecule has 0 heterocycles. The molecule has 0 radical (unpaired) electrons. The van der Waals surface area contributed by atoms with E-state index in [2.05, 4.69) is 18.7 Å². The fourth-order valence-corrected chi connectivity index (χ4v) is 2.23. The summed E-state index contributed by atoms with van der Waals surface area (Å²) in [6, 6.07) is 10.3. The second-order valence-corrected chi connectivity index (χ2v) is 4.50. The van der Waals surface area contributed by atoms with Crippen LogP contribution in [-0.4, -0.2) is 13.1 Å². The van der Waals surface area contributed by atoms with Crippen LogP contribution >= 0.6 is 0 Å². The number of rotatable bonds is 7. The highest BCUT2D eigenvalue weighted by molar-refractivity contribution is 5.72. The van der Waals surface area contributed by atoms with Crippen molar-refractivity contribution in [2.45, 2.75) is 32.1 Å². The SMILES string of the molecule is C=CCC(CC(CC)C(=O)OC)c1ccccc1. The van der Waals surface area contributed by atoms with Crippen LogP contribution in [0.4, 0.5) is 0 Å². The Bertz CT molecular complexity index is 370. The molecule has 18 heavy (non-hydrogen) atoms. The van der Waals surface area contributed by atoms with E-state index in [1.165, 1.54) is 12.7 Å². The number of hydrogen-bond donors (Lipinski definition) is 0. The maximum absolute atomic E-state index is 11.7. The molecule has 0 spiro atoms. The van der Waals surface area contributed by atoms with Crippen molar-refractivity contribution < 1.29 is 9.53 Å². The molecule has 1 rings (SSSR count). The van der Waals surface area contributed by atoms with Gasteiger partial charge in [0.05, 0.1) is 13.0 Å². The van der Waals surface area contributed by atoms with Crippen LogP contribution in [0.5, 0.6) is 0 Å². The van der Waals surface area contributed by atoms with E-state index in [1.807, 2.05) is 31.2 Å². The molecule has 0 amide bonds. The van der Waals surface area contributed by atoms with Crippen LogP contribution in [0.2, 0.25) is 0 Å². The number of methoxy groups -OCH3 is 1. The summed E-state index contributed by atoms with van der Waals surface area (Å²) in [5.41, 5.74) is 1.26. The molecule has 0 saturated carbocycles. The van der Waals surface area contributed by atoms with Gasteiger partial charge in [0.2, 0.25) is 0 Å². The lowest BCUT2D eigenvalue weighted by molar-refractivity contribution is -0.145. The predicted molar refractivity (Wildman–Crippen MR) is 74.4 cm³/mol. The van der Waals surface area contributed by atoms with Crippen molar-refractivity contribution in [1.82, 2.24) is 0 Å². The lowest BCUT2D eigenvalue weighted by Crippen LogP contribution is -2.18. The van der Waals surface area contributed by atoms with Crippen molar-refractivity contribution in [1.29, 1.82) is 0 Å². The Morgan fingerprint density at radius 2 is 2.06 bits per heavy atom. The van der Waals surface area contributed by atoms with E-state index in [9.17, 15) is 4.79 Å². The Hall–Kier alpha value is -1.57. The Kier molecular flexibility index (Phi) is 6.20. The maximum Gasteiger partial charge on any atom is 0.308 e. The number of carbonyl (C=O) groups is 1. The van der Waals surface area contributed by atoms with Crippen molar-refractivity contribution in [3.05, 3.63) is 48.6 Å². The average molecular weight is 246 g/mol. The van der Waals surface area contributed by atoms with E-state index in [1.54, 1.807) is 0 Å². The molecule has 0 aromatic heterocycles. The number of esters is 1. The molecule has 0 aliphatic rings. The van der Waals surface area contributed by atoms with Crippen LogP contribution in [0.1, 0.15) is 37.7 Å². The third kappa shape index (κ3) is 4.02. The summed E-state index contributed by atoms with van der Waals surface area (Å²) in [4.78, 5) is 11.7. The first-order valence-corrected chi connectivity index (χ1v) is 6.46. The minimum atomic E-state index is -0.109. The van der Waals surface area contributed by atoms with Gasteiger partial charge in [0.1, 0.15) is 0 Å². The van der Waals surface area contributed by atoms with E-state index in [-0.39, 0.29) is 11.9 Å². The normalized spacial score (nSPS) is 13.7. The van der Waals surface area contributed by atoms with Gasteiger partial charge in [0.25, 0.3) is 0 Å². The molecule has 0 bridgehead atoms. The Labute approximate surface area is 110 Å². The lowest BCUT2D eigenvalue weighted by Gasteiger charge is -2.20. The van der Waals surface area contributed by atoms with E-state index in [4.69, 9.17) is 4.74 Å². The van der Waals surface area contributed by atoms with E-state index < -0.39 is 0 Å². The Morgan fingerprint density at radius 1 is 1.39 bits per heavy atom. The maximum atomic E-state index is 11.7. The van der Waals surface area contributed by atoms with Gasteiger partial charge in [-0.15, -0.1) is 6.58 Å². The molecule has 1 aromatic rings. The molecule has 98 valence electrons. The lowest BCUT2D eigenvalue weighted by atomic mass is 9.85. The molecule has 2 atom stereocenters. The van der Waals surface area contributed by atoms with Crippen molar-refractivity contribution in [3.8, 4) is 0 Å². The molecular formula is C16H22O2. The topological polar surface area (TPSA) is 26.3 Å². The minimum absolute atomic E-state index is 0.0276. The first-order chi connectivity index (χ1) is 8.72. The fourth-order valence-electron chi connectivity index (χ4n) is 2.23. The standard InChI is InChI=1S/C16H22O2/c1-4-9-15(14-10-7-6-8-11-14)12-13(5-2)16(17)18-3/h4,6-8,10-11,13,15H,1,5,9,12H2,2-3H3. The van der Waals surface area contributed by atoms with Crippen molar-refractivity contribution >= 4 is 5.97 Å². The summed E-state index contributed by atoms with van der Waals surface area (Å²) in [5, 5.41) is 0. The van der Waals surface area contributed by atoms with Gasteiger partial charge < -0.3 is 4.74 Å². The summed E-state index contributed by atoms with van der Waals surface area (Å²) in [5.74, 6) is 0.204. The third-order valence-electron chi connectivity index (χ3n) is 3.32.